The summed E-state index contributed by atoms with van der Waals surface area (Å²) in [7, 11) is 0. The minimum absolute atomic E-state index is 0.263. The molecule has 0 amide bonds. The first-order valence-electron chi connectivity index (χ1n) is 6.08. The Morgan fingerprint density at radius 2 is 2.00 bits per heavy atom. The molecular formula is C15H11BrF2N2. The third kappa shape index (κ3) is 2.41. The molecule has 0 saturated heterocycles. The van der Waals surface area contributed by atoms with E-state index in [1.54, 1.807) is 0 Å². The van der Waals surface area contributed by atoms with Crippen LogP contribution in [0, 0.1) is 11.6 Å². The van der Waals surface area contributed by atoms with Crippen LogP contribution in [0.3, 0.4) is 0 Å². The lowest BCUT2D eigenvalue weighted by Gasteiger charge is -2.11. The summed E-state index contributed by atoms with van der Waals surface area (Å²) in [5.74, 6) is -1.22. The van der Waals surface area contributed by atoms with Crippen LogP contribution >= 0.6 is 15.9 Å². The Labute approximate surface area is 122 Å². The van der Waals surface area contributed by atoms with Crippen molar-refractivity contribution in [2.24, 2.45) is 0 Å². The molecule has 0 saturated carbocycles. The molecule has 2 nitrogen and oxygen atoms in total. The van der Waals surface area contributed by atoms with E-state index in [9.17, 15) is 8.78 Å². The number of hydrogen-bond donors (Lipinski definition) is 2. The standard InChI is InChI=1S/C15H11BrF2N2/c16-12-6-10(17)7-13(18)15(12)20-8-9-2-1-3-14-11(9)4-5-19-14/h1-7,19-20H,8H2. The van der Waals surface area contributed by atoms with Crippen molar-refractivity contribution >= 4 is 32.5 Å². The van der Waals surface area contributed by atoms with Gasteiger partial charge in [0, 0.05) is 34.2 Å². The first kappa shape index (κ1) is 13.1. The SMILES string of the molecule is Fc1cc(F)c(NCc2cccc3[nH]ccc23)c(Br)c1. The lowest BCUT2D eigenvalue weighted by molar-refractivity contribution is 0.583. The molecule has 0 fully saturated rings. The highest BCUT2D eigenvalue weighted by molar-refractivity contribution is 9.10. The van der Waals surface area contributed by atoms with Gasteiger partial charge in [-0.25, -0.2) is 8.78 Å². The molecule has 0 radical (unpaired) electrons. The van der Waals surface area contributed by atoms with Gasteiger partial charge in [-0.2, -0.15) is 0 Å². The number of anilines is 1. The van der Waals surface area contributed by atoms with Crippen molar-refractivity contribution in [3.05, 3.63) is 64.3 Å². The highest BCUT2D eigenvalue weighted by Crippen LogP contribution is 2.28. The first-order valence-corrected chi connectivity index (χ1v) is 6.88. The topological polar surface area (TPSA) is 27.8 Å². The van der Waals surface area contributed by atoms with E-state index in [2.05, 4.69) is 26.2 Å². The number of aromatic nitrogens is 1. The van der Waals surface area contributed by atoms with Gasteiger partial charge in [-0.1, -0.05) is 12.1 Å². The lowest BCUT2D eigenvalue weighted by atomic mass is 10.1. The number of rotatable bonds is 3. The summed E-state index contributed by atoms with van der Waals surface area (Å²) in [6.07, 6.45) is 1.86. The molecule has 5 heteroatoms. The van der Waals surface area contributed by atoms with E-state index in [1.807, 2.05) is 30.5 Å². The molecule has 0 aliphatic heterocycles. The Morgan fingerprint density at radius 1 is 1.15 bits per heavy atom. The van der Waals surface area contributed by atoms with E-state index in [1.165, 1.54) is 6.07 Å². The van der Waals surface area contributed by atoms with Crippen LogP contribution in [-0.4, -0.2) is 4.98 Å². The van der Waals surface area contributed by atoms with Crippen molar-refractivity contribution in [3.8, 4) is 0 Å². The van der Waals surface area contributed by atoms with Crippen molar-refractivity contribution in [1.29, 1.82) is 0 Å². The molecule has 2 N–H and O–H groups in total. The number of hydrogen-bond acceptors (Lipinski definition) is 1. The smallest absolute Gasteiger partial charge is 0.150 e. The average Bonchev–Trinajstić information content (AvgIpc) is 2.86. The average molecular weight is 337 g/mol. The largest absolute Gasteiger partial charge is 0.378 e. The number of nitrogens with one attached hydrogen (secondary N) is 2. The molecule has 0 unspecified atom stereocenters. The quantitative estimate of drug-likeness (QED) is 0.705. The maximum Gasteiger partial charge on any atom is 0.150 e. The molecule has 3 aromatic rings. The Bertz CT molecular complexity index is 744. The van der Waals surface area contributed by atoms with E-state index in [4.69, 9.17) is 0 Å². The summed E-state index contributed by atoms with van der Waals surface area (Å²) in [5, 5.41) is 4.09. The molecule has 0 aliphatic carbocycles. The van der Waals surface area contributed by atoms with E-state index in [0.717, 1.165) is 22.5 Å². The zero-order valence-corrected chi connectivity index (χ0v) is 12.0. The fourth-order valence-electron chi connectivity index (χ4n) is 2.20. The van der Waals surface area contributed by atoms with Gasteiger partial charge in [0.25, 0.3) is 0 Å². The van der Waals surface area contributed by atoms with Gasteiger partial charge in [-0.3, -0.25) is 0 Å². The summed E-state index contributed by atoms with van der Waals surface area (Å²) in [5.41, 5.74) is 2.33. The number of H-pyrrole nitrogens is 1. The number of fused-ring (bicyclic) bond motifs is 1. The van der Waals surface area contributed by atoms with Crippen molar-refractivity contribution in [2.75, 3.05) is 5.32 Å². The maximum atomic E-state index is 13.7. The van der Waals surface area contributed by atoms with Crippen LogP contribution in [0.25, 0.3) is 10.9 Å². The lowest BCUT2D eigenvalue weighted by Crippen LogP contribution is -2.03. The van der Waals surface area contributed by atoms with Crippen LogP contribution in [0.1, 0.15) is 5.56 Å². The van der Waals surface area contributed by atoms with Gasteiger partial charge in [0.05, 0.1) is 5.69 Å². The van der Waals surface area contributed by atoms with Gasteiger partial charge < -0.3 is 10.3 Å². The summed E-state index contributed by atoms with van der Waals surface area (Å²) in [6, 6.07) is 9.96. The summed E-state index contributed by atoms with van der Waals surface area (Å²) < 4.78 is 27.1. The second-order valence-electron chi connectivity index (χ2n) is 4.45. The van der Waals surface area contributed by atoms with E-state index in [-0.39, 0.29) is 5.69 Å². The predicted octanol–water partition coefficient (Wildman–Crippen LogP) is 4.82. The van der Waals surface area contributed by atoms with Gasteiger partial charge >= 0.3 is 0 Å². The molecule has 0 spiro atoms. The van der Waals surface area contributed by atoms with Crippen LogP contribution in [0.15, 0.2) is 47.1 Å². The number of benzene rings is 2. The highest BCUT2D eigenvalue weighted by atomic mass is 79.9. The van der Waals surface area contributed by atoms with E-state index < -0.39 is 11.6 Å². The predicted molar refractivity (Wildman–Crippen MR) is 79.7 cm³/mol. The molecule has 1 aromatic heterocycles. The fraction of sp³-hybridized carbons (Fsp3) is 0.0667. The molecule has 3 rings (SSSR count). The minimum atomic E-state index is -0.613. The second-order valence-corrected chi connectivity index (χ2v) is 5.31. The van der Waals surface area contributed by atoms with E-state index in [0.29, 0.717) is 11.0 Å². The first-order chi connectivity index (χ1) is 9.65. The molecule has 102 valence electrons. The fourth-order valence-corrected chi connectivity index (χ4v) is 2.75. The number of halogens is 3. The molecule has 0 aliphatic rings. The zero-order chi connectivity index (χ0) is 14.1. The molecular weight excluding hydrogens is 326 g/mol. The van der Waals surface area contributed by atoms with Crippen LogP contribution in [-0.2, 0) is 6.54 Å². The van der Waals surface area contributed by atoms with Crippen LogP contribution in [0.5, 0.6) is 0 Å². The Hall–Kier alpha value is -1.88. The Kier molecular flexibility index (Phi) is 3.44. The Balaban J connectivity index is 1.89. The molecule has 0 bridgehead atoms. The summed E-state index contributed by atoms with van der Waals surface area (Å²) in [4.78, 5) is 3.13. The summed E-state index contributed by atoms with van der Waals surface area (Å²) in [6.45, 7) is 0.455. The number of aromatic amines is 1. The molecule has 0 atom stereocenters. The monoisotopic (exact) mass is 336 g/mol. The highest BCUT2D eigenvalue weighted by Gasteiger charge is 2.10. The van der Waals surface area contributed by atoms with Crippen molar-refractivity contribution in [3.63, 3.8) is 0 Å². The van der Waals surface area contributed by atoms with Gasteiger partial charge in [-0.15, -0.1) is 0 Å². The molecule has 2 aromatic carbocycles. The van der Waals surface area contributed by atoms with E-state index >= 15 is 0 Å². The van der Waals surface area contributed by atoms with Crippen LogP contribution < -0.4 is 5.32 Å². The van der Waals surface area contributed by atoms with Gasteiger partial charge in [0.15, 0.2) is 0 Å². The Morgan fingerprint density at radius 3 is 2.80 bits per heavy atom. The molecule has 20 heavy (non-hydrogen) atoms. The van der Waals surface area contributed by atoms with Crippen molar-refractivity contribution < 1.29 is 8.78 Å². The van der Waals surface area contributed by atoms with Crippen LogP contribution in [0.4, 0.5) is 14.5 Å². The van der Waals surface area contributed by atoms with Gasteiger partial charge in [0.2, 0.25) is 0 Å². The van der Waals surface area contributed by atoms with Crippen molar-refractivity contribution in [2.45, 2.75) is 6.54 Å². The second kappa shape index (κ2) is 5.25. The molecule has 1 heterocycles. The summed E-state index contributed by atoms with van der Waals surface area (Å²) >= 11 is 3.17. The zero-order valence-electron chi connectivity index (χ0n) is 10.4. The van der Waals surface area contributed by atoms with Gasteiger partial charge in [0.1, 0.15) is 11.6 Å². The maximum absolute atomic E-state index is 13.7. The van der Waals surface area contributed by atoms with Crippen molar-refractivity contribution in [1.82, 2.24) is 4.98 Å². The third-order valence-corrected chi connectivity index (χ3v) is 3.77. The van der Waals surface area contributed by atoms with Crippen LogP contribution in [0.2, 0.25) is 0 Å². The third-order valence-electron chi connectivity index (χ3n) is 3.15. The van der Waals surface area contributed by atoms with Gasteiger partial charge in [-0.05, 0) is 39.7 Å². The normalized spacial score (nSPS) is 10.9. The minimum Gasteiger partial charge on any atom is -0.378 e.